The lowest BCUT2D eigenvalue weighted by Crippen LogP contribution is -1.89. The SMILES string of the molecule is CSc1ccc2cc(CSc3nnc(-c4ccoc4C)o3)c(Cl)nc2c1. The molecule has 0 aliphatic heterocycles. The van der Waals surface area contributed by atoms with E-state index < -0.39 is 0 Å². The van der Waals surface area contributed by atoms with Gasteiger partial charge in [-0.1, -0.05) is 29.4 Å². The predicted molar refractivity (Wildman–Crippen MR) is 105 cm³/mol. The molecule has 8 heteroatoms. The summed E-state index contributed by atoms with van der Waals surface area (Å²) in [6, 6.07) is 10.0. The average molecular weight is 404 g/mol. The van der Waals surface area contributed by atoms with Gasteiger partial charge in [0.1, 0.15) is 10.9 Å². The number of rotatable bonds is 5. The highest BCUT2D eigenvalue weighted by Crippen LogP contribution is 2.31. The van der Waals surface area contributed by atoms with Crippen LogP contribution in [-0.2, 0) is 5.75 Å². The Balaban J connectivity index is 1.54. The summed E-state index contributed by atoms with van der Waals surface area (Å²) in [7, 11) is 0. The molecule has 3 heterocycles. The maximum atomic E-state index is 6.36. The molecule has 4 aromatic rings. The molecule has 0 N–H and O–H groups in total. The molecule has 0 aliphatic rings. The fourth-order valence-corrected chi connectivity index (χ4v) is 3.98. The van der Waals surface area contributed by atoms with E-state index in [9.17, 15) is 0 Å². The molecule has 0 amide bonds. The van der Waals surface area contributed by atoms with Gasteiger partial charge in [0, 0.05) is 21.6 Å². The van der Waals surface area contributed by atoms with Crippen molar-refractivity contribution in [3.63, 3.8) is 0 Å². The van der Waals surface area contributed by atoms with Gasteiger partial charge >= 0.3 is 0 Å². The molecule has 5 nitrogen and oxygen atoms in total. The molecule has 0 atom stereocenters. The Morgan fingerprint density at radius 1 is 1.15 bits per heavy atom. The van der Waals surface area contributed by atoms with Crippen LogP contribution in [0.4, 0.5) is 0 Å². The van der Waals surface area contributed by atoms with Crippen LogP contribution in [0.3, 0.4) is 0 Å². The number of aromatic nitrogens is 3. The fourth-order valence-electron chi connectivity index (χ4n) is 2.52. The summed E-state index contributed by atoms with van der Waals surface area (Å²) in [5.41, 5.74) is 2.63. The van der Waals surface area contributed by atoms with Gasteiger partial charge in [-0.05, 0) is 37.4 Å². The largest absolute Gasteiger partial charge is 0.469 e. The summed E-state index contributed by atoms with van der Waals surface area (Å²) in [6.07, 6.45) is 3.64. The van der Waals surface area contributed by atoms with E-state index in [0.717, 1.165) is 32.7 Å². The second kappa shape index (κ2) is 7.34. The highest BCUT2D eigenvalue weighted by atomic mass is 35.5. The van der Waals surface area contributed by atoms with Crippen molar-refractivity contribution in [2.45, 2.75) is 22.8 Å². The van der Waals surface area contributed by atoms with Crippen molar-refractivity contribution < 1.29 is 8.83 Å². The van der Waals surface area contributed by atoms with Crippen molar-refractivity contribution in [3.05, 3.63) is 53.1 Å². The predicted octanol–water partition coefficient (Wildman–Crippen LogP) is 5.85. The first-order valence-electron chi connectivity index (χ1n) is 7.78. The van der Waals surface area contributed by atoms with E-state index in [1.165, 1.54) is 11.8 Å². The van der Waals surface area contributed by atoms with Gasteiger partial charge in [0.2, 0.25) is 0 Å². The van der Waals surface area contributed by atoms with Crippen LogP contribution in [-0.4, -0.2) is 21.4 Å². The first kappa shape index (κ1) is 17.5. The average Bonchev–Trinajstić information content (AvgIpc) is 3.28. The molecule has 26 heavy (non-hydrogen) atoms. The zero-order valence-electron chi connectivity index (χ0n) is 14.0. The molecule has 0 bridgehead atoms. The molecule has 0 fully saturated rings. The minimum Gasteiger partial charge on any atom is -0.469 e. The van der Waals surface area contributed by atoms with Crippen molar-refractivity contribution in [2.24, 2.45) is 0 Å². The summed E-state index contributed by atoms with van der Waals surface area (Å²) < 4.78 is 11.0. The van der Waals surface area contributed by atoms with Crippen molar-refractivity contribution in [3.8, 4) is 11.5 Å². The van der Waals surface area contributed by atoms with Gasteiger partial charge < -0.3 is 8.83 Å². The molecule has 1 aromatic carbocycles. The van der Waals surface area contributed by atoms with Gasteiger partial charge in [0.25, 0.3) is 11.1 Å². The quantitative estimate of drug-likeness (QED) is 0.305. The van der Waals surface area contributed by atoms with Crippen LogP contribution in [0, 0.1) is 6.92 Å². The summed E-state index contributed by atoms with van der Waals surface area (Å²) in [5, 5.41) is 10.2. The lowest BCUT2D eigenvalue weighted by molar-refractivity contribution is 0.463. The van der Waals surface area contributed by atoms with Gasteiger partial charge in [-0.15, -0.1) is 22.0 Å². The van der Waals surface area contributed by atoms with E-state index in [-0.39, 0.29) is 0 Å². The van der Waals surface area contributed by atoms with Crippen LogP contribution in [0.15, 0.2) is 55.5 Å². The standard InChI is InChI=1S/C18H14ClN3O2S2/c1-10-14(5-6-23-10)17-21-22-18(24-17)26-9-12-7-11-3-4-13(25-2)8-15(11)20-16(12)19/h3-8H,9H2,1-2H3. The minimum atomic E-state index is 0.450. The van der Waals surface area contributed by atoms with E-state index >= 15 is 0 Å². The van der Waals surface area contributed by atoms with Crippen LogP contribution < -0.4 is 0 Å². The number of pyridine rings is 1. The summed E-state index contributed by atoms with van der Waals surface area (Å²) in [5.74, 6) is 1.79. The third-order valence-corrected chi connectivity index (χ3v) is 5.82. The van der Waals surface area contributed by atoms with Crippen molar-refractivity contribution in [1.82, 2.24) is 15.2 Å². The maximum Gasteiger partial charge on any atom is 0.277 e. The topological polar surface area (TPSA) is 65.0 Å². The molecule has 132 valence electrons. The number of thioether (sulfide) groups is 2. The second-order valence-corrected chi connectivity index (χ2v) is 7.71. The Bertz CT molecular complexity index is 1080. The number of benzene rings is 1. The molecular formula is C18H14ClN3O2S2. The van der Waals surface area contributed by atoms with Gasteiger partial charge in [-0.25, -0.2) is 4.98 Å². The second-order valence-electron chi connectivity index (χ2n) is 5.55. The Morgan fingerprint density at radius 2 is 2.04 bits per heavy atom. The van der Waals surface area contributed by atoms with E-state index in [1.54, 1.807) is 18.0 Å². The molecular weight excluding hydrogens is 390 g/mol. The van der Waals surface area contributed by atoms with Crippen molar-refractivity contribution in [1.29, 1.82) is 0 Å². The number of furan rings is 1. The highest BCUT2D eigenvalue weighted by molar-refractivity contribution is 7.98. The fraction of sp³-hybridized carbons (Fsp3) is 0.167. The zero-order valence-corrected chi connectivity index (χ0v) is 16.4. The lowest BCUT2D eigenvalue weighted by atomic mass is 10.2. The molecule has 0 aliphatic carbocycles. The van der Waals surface area contributed by atoms with E-state index in [0.29, 0.717) is 22.0 Å². The van der Waals surface area contributed by atoms with Crippen LogP contribution in [0.5, 0.6) is 0 Å². The van der Waals surface area contributed by atoms with Crippen molar-refractivity contribution in [2.75, 3.05) is 6.26 Å². The normalized spacial score (nSPS) is 11.3. The van der Waals surface area contributed by atoms with Crippen LogP contribution >= 0.6 is 35.1 Å². The summed E-state index contributed by atoms with van der Waals surface area (Å²) >= 11 is 9.47. The van der Waals surface area contributed by atoms with Gasteiger partial charge in [-0.3, -0.25) is 0 Å². The van der Waals surface area contributed by atoms with Gasteiger partial charge in [0.05, 0.1) is 17.3 Å². The maximum absolute atomic E-state index is 6.36. The lowest BCUT2D eigenvalue weighted by Gasteiger charge is -2.06. The first-order valence-corrected chi connectivity index (χ1v) is 10.4. The highest BCUT2D eigenvalue weighted by Gasteiger charge is 2.14. The van der Waals surface area contributed by atoms with E-state index in [4.69, 9.17) is 20.4 Å². The number of halogens is 1. The Labute approximate surface area is 163 Å². The number of aryl methyl sites for hydroxylation is 1. The smallest absolute Gasteiger partial charge is 0.277 e. The third kappa shape index (κ3) is 3.47. The van der Waals surface area contributed by atoms with Gasteiger partial charge in [0.15, 0.2) is 0 Å². The Morgan fingerprint density at radius 3 is 2.81 bits per heavy atom. The van der Waals surface area contributed by atoms with Crippen LogP contribution in [0.1, 0.15) is 11.3 Å². The number of hydrogen-bond donors (Lipinski definition) is 0. The van der Waals surface area contributed by atoms with Crippen LogP contribution in [0.25, 0.3) is 22.4 Å². The molecule has 0 spiro atoms. The Hall–Kier alpha value is -1.96. The number of nitrogens with zero attached hydrogens (tertiary/aromatic N) is 3. The summed E-state index contributed by atoms with van der Waals surface area (Å²) in [4.78, 5) is 5.68. The molecule has 4 rings (SSSR count). The monoisotopic (exact) mass is 403 g/mol. The Kier molecular flexibility index (Phi) is 4.93. The van der Waals surface area contributed by atoms with E-state index in [1.807, 2.05) is 25.3 Å². The molecule has 0 saturated carbocycles. The first-order chi connectivity index (χ1) is 12.6. The third-order valence-electron chi connectivity index (χ3n) is 3.90. The molecule has 0 unspecified atom stereocenters. The van der Waals surface area contributed by atoms with Crippen molar-refractivity contribution >= 4 is 46.0 Å². The molecule has 0 radical (unpaired) electrons. The van der Waals surface area contributed by atoms with Gasteiger partial charge in [-0.2, -0.15) is 0 Å². The van der Waals surface area contributed by atoms with Crippen LogP contribution in [0.2, 0.25) is 5.15 Å². The zero-order chi connectivity index (χ0) is 18.1. The molecule has 0 saturated heterocycles. The van der Waals surface area contributed by atoms with E-state index in [2.05, 4.69) is 33.4 Å². The summed E-state index contributed by atoms with van der Waals surface area (Å²) in [6.45, 7) is 1.86. The number of hydrogen-bond acceptors (Lipinski definition) is 7. The number of fused-ring (bicyclic) bond motifs is 1. The molecule has 3 aromatic heterocycles. The minimum absolute atomic E-state index is 0.450.